The summed E-state index contributed by atoms with van der Waals surface area (Å²) in [5, 5.41) is 3.01. The Hall–Kier alpha value is -3.81. The fourth-order valence-corrected chi connectivity index (χ4v) is 6.02. The molecule has 2 aromatic carbocycles. The van der Waals surface area contributed by atoms with E-state index in [0.29, 0.717) is 24.3 Å². The SMILES string of the molecule is C[C@@H]1CN(c2cc(F)cc(-c3ccc4cnc(CNC(=O)c5cc(Cl)cc([S@](=N)(=O)C(F)F)c5)cc4c3F)n2)C[C@H](C)O1. The molecule has 5 rings (SSSR count). The quantitative estimate of drug-likeness (QED) is 0.228. The van der Waals surface area contributed by atoms with E-state index in [1.807, 2.05) is 18.7 Å². The van der Waals surface area contributed by atoms with Crippen molar-refractivity contribution in [1.82, 2.24) is 15.3 Å². The van der Waals surface area contributed by atoms with Gasteiger partial charge in [-0.05, 0) is 44.2 Å². The van der Waals surface area contributed by atoms with Crippen LogP contribution >= 0.6 is 11.6 Å². The summed E-state index contributed by atoms with van der Waals surface area (Å²) in [5.41, 5.74) is 0.266. The van der Waals surface area contributed by atoms with Crippen molar-refractivity contribution in [2.45, 2.75) is 43.3 Å². The van der Waals surface area contributed by atoms with Gasteiger partial charge in [-0.3, -0.25) is 9.78 Å². The number of anilines is 1. The van der Waals surface area contributed by atoms with Crippen molar-refractivity contribution in [3.8, 4) is 11.3 Å². The van der Waals surface area contributed by atoms with Crippen molar-refractivity contribution in [3.05, 3.63) is 82.6 Å². The zero-order chi connectivity index (χ0) is 31.1. The molecule has 0 unspecified atom stereocenters. The number of morpholine rings is 1. The molecule has 2 N–H and O–H groups in total. The Labute approximate surface area is 250 Å². The molecule has 3 heterocycles. The van der Waals surface area contributed by atoms with E-state index in [2.05, 4.69) is 15.3 Å². The maximum atomic E-state index is 15.9. The number of hydrogen-bond donors (Lipinski definition) is 2. The molecule has 1 saturated heterocycles. The van der Waals surface area contributed by atoms with Crippen molar-refractivity contribution in [2.24, 2.45) is 0 Å². The number of amides is 1. The summed E-state index contributed by atoms with van der Waals surface area (Å²) in [5.74, 6) is -5.08. The molecule has 1 aliphatic rings. The minimum Gasteiger partial charge on any atom is -0.372 e. The van der Waals surface area contributed by atoms with Crippen molar-refractivity contribution < 1.29 is 31.3 Å². The van der Waals surface area contributed by atoms with E-state index in [1.54, 1.807) is 6.07 Å². The molecule has 1 fully saturated rings. The number of aromatic nitrogens is 2. The summed E-state index contributed by atoms with van der Waals surface area (Å²) in [7, 11) is -4.48. The Bertz CT molecular complexity index is 1820. The standard InChI is InChI=1S/C29H26ClF4N5O3S/c1-15-13-39(14-16(2)42-15)26-9-20(31)8-25(38-26)23-4-3-17-11-36-21(10-24(17)27(23)32)12-37-28(40)18-5-19(30)7-22(6-18)43(35,41)29(33)34/h3-11,15-16,29,35H,12-14H2,1-2H3,(H,37,40)/t15-,16+,43-/m0/s1. The Balaban J connectivity index is 1.40. The van der Waals surface area contributed by atoms with Gasteiger partial charge in [0.1, 0.15) is 27.2 Å². The minimum atomic E-state index is -4.48. The van der Waals surface area contributed by atoms with Gasteiger partial charge < -0.3 is 15.0 Å². The number of alkyl halides is 2. The van der Waals surface area contributed by atoms with Crippen LogP contribution in [0.15, 0.2) is 59.6 Å². The number of carbonyl (C=O) groups is 1. The average Bonchev–Trinajstić information content (AvgIpc) is 2.95. The molecule has 0 saturated carbocycles. The van der Waals surface area contributed by atoms with Gasteiger partial charge in [-0.1, -0.05) is 17.7 Å². The lowest BCUT2D eigenvalue weighted by atomic mass is 10.0. The first-order valence-corrected chi connectivity index (χ1v) is 15.1. The van der Waals surface area contributed by atoms with E-state index in [-0.39, 0.29) is 51.7 Å². The first-order chi connectivity index (χ1) is 20.3. The second-order valence-electron chi connectivity index (χ2n) is 10.2. The number of nitrogens with one attached hydrogen (secondary N) is 2. The van der Waals surface area contributed by atoms with Gasteiger partial charge in [-0.2, -0.15) is 8.78 Å². The van der Waals surface area contributed by atoms with Crippen molar-refractivity contribution in [2.75, 3.05) is 18.0 Å². The predicted molar refractivity (Wildman–Crippen MR) is 155 cm³/mol. The highest BCUT2D eigenvalue weighted by atomic mass is 35.5. The summed E-state index contributed by atoms with van der Waals surface area (Å²) in [6.07, 6.45) is 1.25. The van der Waals surface area contributed by atoms with Gasteiger partial charge in [-0.15, -0.1) is 0 Å². The topological polar surface area (TPSA) is 108 Å². The first kappa shape index (κ1) is 30.6. The molecule has 2 aromatic heterocycles. The van der Waals surface area contributed by atoms with Crippen molar-refractivity contribution in [3.63, 3.8) is 0 Å². The first-order valence-electron chi connectivity index (χ1n) is 13.1. The molecule has 8 nitrogen and oxygen atoms in total. The summed E-state index contributed by atoms with van der Waals surface area (Å²) in [6.45, 7) is 4.66. The average molecular weight is 636 g/mol. The van der Waals surface area contributed by atoms with Crippen molar-refractivity contribution >= 4 is 43.8 Å². The third-order valence-electron chi connectivity index (χ3n) is 6.85. The van der Waals surface area contributed by atoms with Crippen molar-refractivity contribution in [1.29, 1.82) is 4.78 Å². The van der Waals surface area contributed by atoms with Gasteiger partial charge in [-0.25, -0.2) is 22.8 Å². The summed E-state index contributed by atoms with van der Waals surface area (Å²) >= 11 is 5.92. The molecule has 43 heavy (non-hydrogen) atoms. The van der Waals surface area contributed by atoms with Crippen LogP contribution in [0.25, 0.3) is 22.0 Å². The highest BCUT2D eigenvalue weighted by molar-refractivity contribution is 7.92. The number of pyridine rings is 2. The number of ether oxygens (including phenoxy) is 1. The number of hydrogen-bond acceptors (Lipinski definition) is 7. The molecule has 0 radical (unpaired) electrons. The normalized spacial score (nSPS) is 18.6. The summed E-state index contributed by atoms with van der Waals surface area (Å²) < 4.78 is 82.1. The summed E-state index contributed by atoms with van der Waals surface area (Å²) in [4.78, 5) is 22.9. The number of rotatable bonds is 7. The molecule has 14 heteroatoms. The lowest BCUT2D eigenvalue weighted by Crippen LogP contribution is -2.45. The van der Waals surface area contributed by atoms with Gasteiger partial charge >= 0.3 is 5.76 Å². The third-order valence-corrected chi connectivity index (χ3v) is 8.51. The minimum absolute atomic E-state index is 0.0771. The molecular weight excluding hydrogens is 610 g/mol. The van der Waals surface area contributed by atoms with Crippen LogP contribution in [0.1, 0.15) is 29.9 Å². The van der Waals surface area contributed by atoms with E-state index in [0.717, 1.165) is 18.2 Å². The molecule has 1 aliphatic heterocycles. The Morgan fingerprint density at radius 2 is 1.86 bits per heavy atom. The maximum Gasteiger partial charge on any atom is 0.323 e. The third kappa shape index (κ3) is 6.58. The maximum absolute atomic E-state index is 15.9. The van der Waals surface area contributed by atoms with Crippen LogP contribution in [0.5, 0.6) is 0 Å². The van der Waals surface area contributed by atoms with Gasteiger partial charge in [0.25, 0.3) is 5.91 Å². The fraction of sp³-hybridized carbons (Fsp3) is 0.276. The van der Waals surface area contributed by atoms with Gasteiger partial charge in [0.15, 0.2) is 0 Å². The van der Waals surface area contributed by atoms with Gasteiger partial charge in [0.2, 0.25) is 0 Å². The molecule has 3 atom stereocenters. The summed E-state index contributed by atoms with van der Waals surface area (Å²) in [6, 6.07) is 10.1. The van der Waals surface area contributed by atoms with Crippen LogP contribution in [-0.2, 0) is 21.0 Å². The zero-order valence-electron chi connectivity index (χ0n) is 22.9. The van der Waals surface area contributed by atoms with E-state index in [1.165, 1.54) is 30.5 Å². The fourth-order valence-electron chi connectivity index (χ4n) is 4.91. The molecule has 0 aliphatic carbocycles. The van der Waals surface area contributed by atoms with Crippen LogP contribution in [-0.4, -0.2) is 51.1 Å². The molecular formula is C29H26ClF4N5O3S. The van der Waals surface area contributed by atoms with Gasteiger partial charge in [0.05, 0.1) is 35.0 Å². The highest BCUT2D eigenvalue weighted by Gasteiger charge is 2.26. The van der Waals surface area contributed by atoms with Crippen LogP contribution in [0.3, 0.4) is 0 Å². The Kier molecular flexibility index (Phi) is 8.59. The van der Waals surface area contributed by atoms with Crippen LogP contribution in [0.2, 0.25) is 5.02 Å². The van der Waals surface area contributed by atoms with Crippen LogP contribution < -0.4 is 10.2 Å². The number of carbonyl (C=O) groups excluding carboxylic acids is 1. The van der Waals surface area contributed by atoms with E-state index in [4.69, 9.17) is 21.1 Å². The lowest BCUT2D eigenvalue weighted by Gasteiger charge is -2.36. The molecule has 4 aromatic rings. The van der Waals surface area contributed by atoms with Gasteiger partial charge in [0, 0.05) is 58.3 Å². The Morgan fingerprint density at radius 3 is 2.56 bits per heavy atom. The second kappa shape index (κ2) is 12.1. The Morgan fingerprint density at radius 1 is 1.14 bits per heavy atom. The second-order valence-corrected chi connectivity index (χ2v) is 12.7. The molecule has 226 valence electrons. The largest absolute Gasteiger partial charge is 0.372 e. The number of halogens is 5. The van der Waals surface area contributed by atoms with Crippen LogP contribution in [0, 0.1) is 16.4 Å². The smallest absolute Gasteiger partial charge is 0.323 e. The van der Waals surface area contributed by atoms with E-state index < -0.39 is 37.9 Å². The number of fused-ring (bicyclic) bond motifs is 1. The van der Waals surface area contributed by atoms with E-state index >= 15 is 4.39 Å². The predicted octanol–water partition coefficient (Wildman–Crippen LogP) is 6.40. The molecule has 0 bridgehead atoms. The van der Waals surface area contributed by atoms with E-state index in [9.17, 15) is 22.2 Å². The molecule has 0 spiro atoms. The lowest BCUT2D eigenvalue weighted by molar-refractivity contribution is -0.00547. The van der Waals surface area contributed by atoms with Crippen LogP contribution in [0.4, 0.5) is 23.4 Å². The number of nitrogens with zero attached hydrogens (tertiary/aromatic N) is 3. The number of benzene rings is 2. The molecule has 1 amide bonds. The monoisotopic (exact) mass is 635 g/mol. The zero-order valence-corrected chi connectivity index (χ0v) is 24.5. The highest BCUT2D eigenvalue weighted by Crippen LogP contribution is 2.31.